The Kier molecular flexibility index (Phi) is 5.43. The summed E-state index contributed by atoms with van der Waals surface area (Å²) in [6, 6.07) is 0.324. The van der Waals surface area contributed by atoms with Crippen LogP contribution in [0.4, 0.5) is 0 Å². The molecule has 0 aromatic carbocycles. The molecule has 0 spiro atoms. The molecule has 1 amide bonds. The van der Waals surface area contributed by atoms with Crippen LogP contribution >= 0.6 is 23.1 Å². The zero-order chi connectivity index (χ0) is 14.7. The lowest BCUT2D eigenvalue weighted by Crippen LogP contribution is -2.46. The largest absolute Gasteiger partial charge is 0.352 e. The number of aryl methyl sites for hydroxylation is 1. The normalized spacial score (nSPS) is 28.1. The van der Waals surface area contributed by atoms with Gasteiger partial charge in [0.05, 0.1) is 5.25 Å². The van der Waals surface area contributed by atoms with Crippen molar-refractivity contribution < 1.29 is 4.79 Å². The van der Waals surface area contributed by atoms with Crippen molar-refractivity contribution in [2.45, 2.75) is 62.6 Å². The van der Waals surface area contributed by atoms with E-state index in [0.29, 0.717) is 17.9 Å². The van der Waals surface area contributed by atoms with Gasteiger partial charge in [-0.05, 0) is 32.1 Å². The summed E-state index contributed by atoms with van der Waals surface area (Å²) >= 11 is 3.04. The molecule has 1 aliphatic carbocycles. The average Bonchev–Trinajstić information content (AvgIpc) is 2.80. The second kappa shape index (κ2) is 6.89. The topological polar surface area (TPSA) is 54.9 Å². The molecule has 20 heavy (non-hydrogen) atoms. The summed E-state index contributed by atoms with van der Waals surface area (Å²) in [6.45, 7) is 8.40. The molecule has 1 aliphatic rings. The van der Waals surface area contributed by atoms with Crippen LogP contribution in [0.2, 0.25) is 0 Å². The van der Waals surface area contributed by atoms with Gasteiger partial charge in [-0.1, -0.05) is 49.8 Å². The Morgan fingerprint density at radius 2 is 2.15 bits per heavy atom. The summed E-state index contributed by atoms with van der Waals surface area (Å²) in [5, 5.41) is 12.1. The van der Waals surface area contributed by atoms with E-state index in [4.69, 9.17) is 0 Å². The van der Waals surface area contributed by atoms with Gasteiger partial charge in [0.1, 0.15) is 5.01 Å². The van der Waals surface area contributed by atoms with E-state index >= 15 is 0 Å². The maximum atomic E-state index is 12.3. The molecule has 6 heteroatoms. The molecule has 1 aromatic heterocycles. The Morgan fingerprint density at radius 3 is 2.80 bits per heavy atom. The summed E-state index contributed by atoms with van der Waals surface area (Å²) in [7, 11) is 0. The lowest BCUT2D eigenvalue weighted by Gasteiger charge is -2.35. The Labute approximate surface area is 129 Å². The fraction of sp³-hybridized carbons (Fsp3) is 0.786. The van der Waals surface area contributed by atoms with Gasteiger partial charge in [0, 0.05) is 6.04 Å². The quantitative estimate of drug-likeness (QED) is 0.867. The fourth-order valence-corrected chi connectivity index (χ4v) is 4.59. The molecule has 1 saturated carbocycles. The second-order valence-electron chi connectivity index (χ2n) is 5.73. The van der Waals surface area contributed by atoms with Crippen molar-refractivity contribution in [2.24, 2.45) is 11.8 Å². The lowest BCUT2D eigenvalue weighted by molar-refractivity contribution is -0.121. The standard InChI is InChI=1S/C14H23N3OS2/c1-8-6-5-7-12(9(8)2)15-13(18)10(3)19-14-17-16-11(4)20-14/h8-10,12H,5-7H2,1-4H3,(H,15,18)/t8-,9-,10-,12+/m0/s1. The number of nitrogens with one attached hydrogen (secondary N) is 1. The third-order valence-corrected chi connectivity index (χ3v) is 6.21. The number of carbonyl (C=O) groups is 1. The number of thioether (sulfide) groups is 1. The first kappa shape index (κ1) is 15.8. The van der Waals surface area contributed by atoms with Gasteiger partial charge in [-0.25, -0.2) is 0 Å². The molecule has 1 aromatic rings. The van der Waals surface area contributed by atoms with Crippen LogP contribution in [0.15, 0.2) is 4.34 Å². The molecule has 0 saturated heterocycles. The molecular weight excluding hydrogens is 290 g/mol. The molecule has 0 radical (unpaired) electrons. The van der Waals surface area contributed by atoms with Gasteiger partial charge in [-0.3, -0.25) is 4.79 Å². The van der Waals surface area contributed by atoms with E-state index in [9.17, 15) is 4.79 Å². The number of hydrogen-bond donors (Lipinski definition) is 1. The smallest absolute Gasteiger partial charge is 0.233 e. The predicted molar refractivity (Wildman–Crippen MR) is 84.1 cm³/mol. The number of aromatic nitrogens is 2. The van der Waals surface area contributed by atoms with Crippen molar-refractivity contribution in [3.05, 3.63) is 5.01 Å². The van der Waals surface area contributed by atoms with Crippen LogP contribution in [-0.4, -0.2) is 27.4 Å². The van der Waals surface area contributed by atoms with E-state index in [1.54, 1.807) is 11.3 Å². The number of amides is 1. The summed E-state index contributed by atoms with van der Waals surface area (Å²) < 4.78 is 0.871. The lowest BCUT2D eigenvalue weighted by atomic mass is 9.78. The van der Waals surface area contributed by atoms with Gasteiger partial charge in [-0.15, -0.1) is 10.2 Å². The highest BCUT2D eigenvalue weighted by Crippen LogP contribution is 2.30. The van der Waals surface area contributed by atoms with Crippen LogP contribution in [0.1, 0.15) is 45.0 Å². The minimum Gasteiger partial charge on any atom is -0.352 e. The first-order valence-corrected chi connectivity index (χ1v) is 8.94. The van der Waals surface area contributed by atoms with E-state index in [1.807, 2.05) is 13.8 Å². The zero-order valence-electron chi connectivity index (χ0n) is 12.5. The third-order valence-electron chi connectivity index (χ3n) is 4.19. The zero-order valence-corrected chi connectivity index (χ0v) is 14.2. The number of rotatable bonds is 4. The van der Waals surface area contributed by atoms with Crippen molar-refractivity contribution in [3.63, 3.8) is 0 Å². The number of nitrogens with zero attached hydrogens (tertiary/aromatic N) is 2. The van der Waals surface area contributed by atoms with Gasteiger partial charge in [0.25, 0.3) is 0 Å². The molecule has 4 nitrogen and oxygen atoms in total. The first-order chi connectivity index (χ1) is 9.47. The molecule has 1 N–H and O–H groups in total. The predicted octanol–water partition coefficient (Wildman–Crippen LogP) is 3.27. The molecule has 0 aliphatic heterocycles. The van der Waals surface area contributed by atoms with Crippen LogP contribution < -0.4 is 5.32 Å². The van der Waals surface area contributed by atoms with Gasteiger partial charge >= 0.3 is 0 Å². The fourth-order valence-electron chi connectivity index (χ4n) is 2.62. The highest BCUT2D eigenvalue weighted by atomic mass is 32.2. The van der Waals surface area contributed by atoms with Gasteiger partial charge in [-0.2, -0.15) is 0 Å². The molecule has 2 rings (SSSR count). The summed E-state index contributed by atoms with van der Waals surface area (Å²) in [4.78, 5) is 12.3. The Balaban J connectivity index is 1.87. The van der Waals surface area contributed by atoms with E-state index < -0.39 is 0 Å². The second-order valence-corrected chi connectivity index (χ2v) is 8.50. The monoisotopic (exact) mass is 313 g/mol. The van der Waals surface area contributed by atoms with E-state index in [1.165, 1.54) is 24.6 Å². The highest BCUT2D eigenvalue weighted by Gasteiger charge is 2.29. The van der Waals surface area contributed by atoms with Gasteiger partial charge in [0.2, 0.25) is 5.91 Å². The number of carbonyl (C=O) groups excluding carboxylic acids is 1. The Bertz CT molecular complexity index is 463. The molecular formula is C14H23N3OS2. The summed E-state index contributed by atoms with van der Waals surface area (Å²) in [5.74, 6) is 1.38. The van der Waals surface area contributed by atoms with Gasteiger partial charge < -0.3 is 5.32 Å². The van der Waals surface area contributed by atoms with E-state index in [-0.39, 0.29) is 11.2 Å². The summed E-state index contributed by atoms with van der Waals surface area (Å²) in [5.41, 5.74) is 0. The Morgan fingerprint density at radius 1 is 1.40 bits per heavy atom. The first-order valence-electron chi connectivity index (χ1n) is 7.24. The van der Waals surface area contributed by atoms with Crippen LogP contribution in [0.25, 0.3) is 0 Å². The Hall–Kier alpha value is -0.620. The summed E-state index contributed by atoms with van der Waals surface area (Å²) in [6.07, 6.45) is 3.60. The molecule has 1 heterocycles. The van der Waals surface area contributed by atoms with Crippen LogP contribution in [0, 0.1) is 18.8 Å². The van der Waals surface area contributed by atoms with Crippen molar-refractivity contribution in [3.8, 4) is 0 Å². The third kappa shape index (κ3) is 3.95. The van der Waals surface area contributed by atoms with Crippen LogP contribution in [0.3, 0.4) is 0 Å². The minimum absolute atomic E-state index is 0.119. The van der Waals surface area contributed by atoms with Crippen molar-refractivity contribution in [1.29, 1.82) is 0 Å². The van der Waals surface area contributed by atoms with Crippen molar-refractivity contribution in [1.82, 2.24) is 15.5 Å². The highest BCUT2D eigenvalue weighted by molar-refractivity contribution is 8.02. The average molecular weight is 313 g/mol. The SMILES string of the molecule is Cc1nnc(S[C@@H](C)C(=O)N[C@@H]2CCC[C@H](C)[C@@H]2C)s1. The van der Waals surface area contributed by atoms with E-state index in [2.05, 4.69) is 29.4 Å². The van der Waals surface area contributed by atoms with Crippen molar-refractivity contribution >= 4 is 29.0 Å². The maximum absolute atomic E-state index is 12.3. The van der Waals surface area contributed by atoms with E-state index in [0.717, 1.165) is 15.8 Å². The van der Waals surface area contributed by atoms with Crippen LogP contribution in [0.5, 0.6) is 0 Å². The molecule has 1 fully saturated rings. The molecule has 112 valence electrons. The van der Waals surface area contributed by atoms with Crippen molar-refractivity contribution in [2.75, 3.05) is 0 Å². The van der Waals surface area contributed by atoms with Crippen LogP contribution in [-0.2, 0) is 4.79 Å². The van der Waals surface area contributed by atoms with Gasteiger partial charge in [0.15, 0.2) is 4.34 Å². The minimum atomic E-state index is -0.119. The maximum Gasteiger partial charge on any atom is 0.233 e. The molecule has 0 unspecified atom stereocenters. The number of hydrogen-bond acceptors (Lipinski definition) is 5. The molecule has 0 bridgehead atoms. The molecule has 4 atom stereocenters.